The first-order valence-corrected chi connectivity index (χ1v) is 8.08. The van der Waals surface area contributed by atoms with Crippen LogP contribution in [-0.4, -0.2) is 15.0 Å². The van der Waals surface area contributed by atoms with Gasteiger partial charge in [0.2, 0.25) is 0 Å². The van der Waals surface area contributed by atoms with E-state index in [4.69, 9.17) is 15.8 Å². The largest absolute Gasteiger partial charge is 0.296 e. The molecule has 0 saturated carbocycles. The van der Waals surface area contributed by atoms with Gasteiger partial charge in [-0.2, -0.15) is 8.42 Å². The molecule has 0 heterocycles. The molecule has 0 fully saturated rings. The summed E-state index contributed by atoms with van der Waals surface area (Å²) in [5.74, 6) is -0.473. The molecule has 0 aromatic heterocycles. The fraction of sp³-hybridized carbons (Fsp3) is 0.200. The van der Waals surface area contributed by atoms with Gasteiger partial charge in [0, 0.05) is 17.0 Å². The monoisotopic (exact) mass is 328 g/mol. The predicted octanol–water partition coefficient (Wildman–Crippen LogP) is 3.74. The van der Waals surface area contributed by atoms with E-state index in [2.05, 4.69) is 0 Å². The lowest BCUT2D eigenvalue weighted by Gasteiger charge is -2.08. The minimum atomic E-state index is -3.84. The third-order valence-electron chi connectivity index (χ3n) is 2.96. The van der Waals surface area contributed by atoms with Crippen molar-refractivity contribution in [1.82, 2.24) is 0 Å². The fourth-order valence-electron chi connectivity index (χ4n) is 1.80. The highest BCUT2D eigenvalue weighted by atomic mass is 35.5. The summed E-state index contributed by atoms with van der Waals surface area (Å²) in [6, 6.07) is 10.6. The van der Waals surface area contributed by atoms with Crippen LogP contribution >= 0.6 is 11.6 Å². The quantitative estimate of drug-likeness (QED) is 0.785. The number of hydrogen-bond acceptors (Lipinski definition) is 3. The zero-order valence-electron chi connectivity index (χ0n) is 11.3. The molecule has 2 aromatic rings. The van der Waals surface area contributed by atoms with Crippen molar-refractivity contribution >= 4 is 21.7 Å². The molecule has 0 spiro atoms. The maximum atomic E-state index is 13.5. The molecule has 0 N–H and O–H groups in total. The Hall–Kier alpha value is -1.43. The maximum Gasteiger partial charge on any atom is 0.296 e. The molecule has 21 heavy (non-hydrogen) atoms. The number of rotatable bonds is 5. The van der Waals surface area contributed by atoms with Gasteiger partial charge in [-0.05, 0) is 31.2 Å². The third-order valence-corrected chi connectivity index (χ3v) is 4.64. The first-order valence-electron chi connectivity index (χ1n) is 6.29. The fourth-order valence-corrected chi connectivity index (χ4v) is 2.96. The Morgan fingerprint density at radius 3 is 2.43 bits per heavy atom. The van der Waals surface area contributed by atoms with Gasteiger partial charge >= 0.3 is 0 Å². The molecule has 0 saturated heterocycles. The molecule has 2 aromatic carbocycles. The van der Waals surface area contributed by atoms with E-state index in [0.717, 1.165) is 5.56 Å². The lowest BCUT2D eigenvalue weighted by atomic mass is 10.1. The molecule has 0 amide bonds. The molecule has 3 nitrogen and oxygen atoms in total. The molecule has 0 unspecified atom stereocenters. The van der Waals surface area contributed by atoms with E-state index >= 15 is 0 Å². The van der Waals surface area contributed by atoms with Crippen LogP contribution in [0.5, 0.6) is 0 Å². The summed E-state index contributed by atoms with van der Waals surface area (Å²) in [6.45, 7) is 1.69. The second kappa shape index (κ2) is 6.56. The van der Waals surface area contributed by atoms with Crippen molar-refractivity contribution in [2.75, 3.05) is 6.61 Å². The summed E-state index contributed by atoms with van der Waals surface area (Å²) < 4.78 is 42.4. The Morgan fingerprint density at radius 1 is 1.14 bits per heavy atom. The molecular weight excluding hydrogens is 315 g/mol. The Bertz CT molecular complexity index is 707. The van der Waals surface area contributed by atoms with Gasteiger partial charge in [-0.25, -0.2) is 4.39 Å². The van der Waals surface area contributed by atoms with Crippen LogP contribution in [0, 0.1) is 12.7 Å². The molecule has 0 atom stereocenters. The van der Waals surface area contributed by atoms with Crippen molar-refractivity contribution in [3.05, 3.63) is 64.4 Å². The van der Waals surface area contributed by atoms with Crippen LogP contribution in [0.15, 0.2) is 47.4 Å². The van der Waals surface area contributed by atoms with Gasteiger partial charge in [0.1, 0.15) is 5.82 Å². The first-order chi connectivity index (χ1) is 9.90. The maximum absolute atomic E-state index is 13.5. The highest BCUT2D eigenvalue weighted by Gasteiger charge is 2.15. The van der Waals surface area contributed by atoms with E-state index in [-0.39, 0.29) is 28.5 Å². The van der Waals surface area contributed by atoms with Crippen molar-refractivity contribution < 1.29 is 17.0 Å². The van der Waals surface area contributed by atoms with Gasteiger partial charge in [0.25, 0.3) is 10.1 Å². The molecule has 0 aliphatic heterocycles. The van der Waals surface area contributed by atoms with Gasteiger partial charge in [-0.15, -0.1) is 0 Å². The van der Waals surface area contributed by atoms with Gasteiger partial charge in [-0.1, -0.05) is 35.4 Å². The summed E-state index contributed by atoms with van der Waals surface area (Å²) >= 11 is 5.87. The molecule has 0 aliphatic rings. The van der Waals surface area contributed by atoms with Crippen molar-refractivity contribution in [2.45, 2.75) is 18.2 Å². The van der Waals surface area contributed by atoms with Crippen LogP contribution in [0.4, 0.5) is 4.39 Å². The average molecular weight is 329 g/mol. The highest BCUT2D eigenvalue weighted by molar-refractivity contribution is 7.86. The minimum absolute atomic E-state index is 0.0766. The summed E-state index contributed by atoms with van der Waals surface area (Å²) in [5.41, 5.74) is 1.20. The second-order valence-electron chi connectivity index (χ2n) is 4.54. The number of hydrogen-bond donors (Lipinski definition) is 0. The minimum Gasteiger partial charge on any atom is -0.266 e. The predicted molar refractivity (Wildman–Crippen MR) is 79.4 cm³/mol. The SMILES string of the molecule is Cc1ccc(S(=O)(=O)OCCc2c(F)cccc2Cl)cc1. The normalized spacial score (nSPS) is 11.6. The van der Waals surface area contributed by atoms with Crippen molar-refractivity contribution in [3.8, 4) is 0 Å². The topological polar surface area (TPSA) is 43.4 Å². The Morgan fingerprint density at radius 2 is 1.81 bits per heavy atom. The molecular formula is C15H14ClFO3S. The Balaban J connectivity index is 2.04. The van der Waals surface area contributed by atoms with E-state index in [1.54, 1.807) is 18.2 Å². The average Bonchev–Trinajstić information content (AvgIpc) is 2.42. The van der Waals surface area contributed by atoms with Crippen molar-refractivity contribution in [1.29, 1.82) is 0 Å². The lowest BCUT2D eigenvalue weighted by Crippen LogP contribution is -2.10. The van der Waals surface area contributed by atoms with E-state index < -0.39 is 15.9 Å². The van der Waals surface area contributed by atoms with Gasteiger partial charge in [0.05, 0.1) is 11.5 Å². The Labute approximate surface area is 128 Å². The van der Waals surface area contributed by atoms with E-state index in [1.807, 2.05) is 6.92 Å². The number of benzene rings is 2. The van der Waals surface area contributed by atoms with Crippen LogP contribution < -0.4 is 0 Å². The van der Waals surface area contributed by atoms with E-state index in [1.165, 1.54) is 24.3 Å². The standard InChI is InChI=1S/C15H14ClFO3S/c1-11-5-7-12(8-6-11)21(18,19)20-10-9-13-14(16)3-2-4-15(13)17/h2-8H,9-10H2,1H3. The van der Waals surface area contributed by atoms with Crippen LogP contribution in [0.1, 0.15) is 11.1 Å². The van der Waals surface area contributed by atoms with Crippen LogP contribution in [0.3, 0.4) is 0 Å². The summed E-state index contributed by atoms with van der Waals surface area (Å²) in [5, 5.41) is 0.256. The molecule has 6 heteroatoms. The van der Waals surface area contributed by atoms with Crippen molar-refractivity contribution in [2.24, 2.45) is 0 Å². The third kappa shape index (κ3) is 4.03. The molecule has 0 bridgehead atoms. The van der Waals surface area contributed by atoms with Crippen LogP contribution in [0.2, 0.25) is 5.02 Å². The molecule has 2 rings (SSSR count). The van der Waals surface area contributed by atoms with E-state index in [0.29, 0.717) is 0 Å². The number of halogens is 2. The van der Waals surface area contributed by atoms with Gasteiger partial charge in [-0.3, -0.25) is 4.18 Å². The number of aryl methyl sites for hydroxylation is 1. The van der Waals surface area contributed by atoms with Gasteiger partial charge < -0.3 is 0 Å². The molecule has 0 aliphatic carbocycles. The van der Waals surface area contributed by atoms with Crippen LogP contribution in [-0.2, 0) is 20.7 Å². The van der Waals surface area contributed by atoms with E-state index in [9.17, 15) is 12.8 Å². The summed E-state index contributed by atoms with van der Waals surface area (Å²) in [7, 11) is -3.84. The second-order valence-corrected chi connectivity index (χ2v) is 6.56. The lowest BCUT2D eigenvalue weighted by molar-refractivity contribution is 0.320. The first kappa shape index (κ1) is 15.9. The molecule has 0 radical (unpaired) electrons. The summed E-state index contributed by atoms with van der Waals surface area (Å²) in [6.07, 6.45) is 0.0800. The smallest absolute Gasteiger partial charge is 0.266 e. The summed E-state index contributed by atoms with van der Waals surface area (Å²) in [4.78, 5) is 0.0766. The van der Waals surface area contributed by atoms with Crippen molar-refractivity contribution in [3.63, 3.8) is 0 Å². The highest BCUT2D eigenvalue weighted by Crippen LogP contribution is 2.20. The molecule has 112 valence electrons. The zero-order chi connectivity index (χ0) is 15.5. The van der Waals surface area contributed by atoms with Gasteiger partial charge in [0.15, 0.2) is 0 Å². The Kier molecular flexibility index (Phi) is 4.98. The zero-order valence-corrected chi connectivity index (χ0v) is 12.9. The van der Waals surface area contributed by atoms with Crippen LogP contribution in [0.25, 0.3) is 0 Å².